The Morgan fingerprint density at radius 1 is 1.33 bits per heavy atom. The van der Waals surface area contributed by atoms with Gasteiger partial charge in [-0.3, -0.25) is 0 Å². The van der Waals surface area contributed by atoms with Gasteiger partial charge in [0.1, 0.15) is 0 Å². The average molecular weight is 274 g/mol. The van der Waals surface area contributed by atoms with Gasteiger partial charge in [-0.15, -0.1) is 0 Å². The van der Waals surface area contributed by atoms with Crippen LogP contribution in [-0.2, 0) is 29.2 Å². The molecule has 0 fully saturated rings. The van der Waals surface area contributed by atoms with Crippen molar-refractivity contribution < 1.29 is 29.2 Å². The summed E-state index contributed by atoms with van der Waals surface area (Å²) in [6, 6.07) is 0. The molecule has 0 atom stereocenters. The predicted octanol–water partition coefficient (Wildman–Crippen LogP) is 1.26. The molecule has 2 heteroatoms. The Kier molecular flexibility index (Phi) is 2.60. The average Bonchev–Trinajstić information content (AvgIpc) is 1.35. The Morgan fingerprint density at radius 3 is 1.50 bits per heavy atom. The number of hydrogen-bond donors (Lipinski definition) is 0. The van der Waals surface area contributed by atoms with Gasteiger partial charge in [0.25, 0.3) is 0 Å². The maximum absolute atomic E-state index is 5.13. The second kappa shape index (κ2) is 2.27. The van der Waals surface area contributed by atoms with Crippen LogP contribution >= 0.6 is 0 Å². The van der Waals surface area contributed by atoms with E-state index in [4.69, 9.17) is 2.64 Å². The summed E-state index contributed by atoms with van der Waals surface area (Å²) in [5.74, 6) is 0. The van der Waals surface area contributed by atoms with Gasteiger partial charge in [-0.2, -0.15) is 0 Å². The fraction of sp³-hybridized carbons (Fsp3) is 1.00. The van der Waals surface area contributed by atoms with E-state index in [9.17, 15) is 0 Å². The van der Waals surface area contributed by atoms with Crippen molar-refractivity contribution in [3.05, 3.63) is 0 Å². The van der Waals surface area contributed by atoms with Crippen molar-refractivity contribution in [1.29, 1.82) is 0 Å². The van der Waals surface area contributed by atoms with Gasteiger partial charge < -0.3 is 0 Å². The fourth-order valence-electron chi connectivity index (χ4n) is 0. The van der Waals surface area contributed by atoms with Crippen LogP contribution in [0.25, 0.3) is 0 Å². The summed E-state index contributed by atoms with van der Waals surface area (Å²) in [5, 5.41) is 0. The van der Waals surface area contributed by atoms with Crippen LogP contribution in [0.5, 0.6) is 0 Å². The van der Waals surface area contributed by atoms with E-state index in [1.807, 2.05) is 0 Å². The van der Waals surface area contributed by atoms with Gasteiger partial charge in [0, 0.05) is 0 Å². The molecular weight excluding hydrogens is 265 g/mol. The third-order valence-corrected chi connectivity index (χ3v) is 3.80. The molecule has 0 rings (SSSR count). The molecule has 0 N–H and O–H groups in total. The molecule has 0 saturated carbocycles. The Labute approximate surface area is 55.7 Å². The summed E-state index contributed by atoms with van der Waals surface area (Å²) >= 11 is 0.504. The minimum atomic E-state index is 0.128. The Morgan fingerprint density at radius 2 is 1.50 bits per heavy atom. The van der Waals surface area contributed by atoms with E-state index < -0.39 is 0 Å². The summed E-state index contributed by atoms with van der Waals surface area (Å²) in [5.41, 5.74) is 0.128. The van der Waals surface area contributed by atoms with E-state index in [1.165, 1.54) is 0 Å². The first kappa shape index (κ1) is 6.90. The van der Waals surface area contributed by atoms with Crippen molar-refractivity contribution in [1.82, 2.24) is 0 Å². The van der Waals surface area contributed by atoms with E-state index in [2.05, 4.69) is 20.8 Å². The van der Waals surface area contributed by atoms with Crippen molar-refractivity contribution in [3.8, 4) is 0 Å². The van der Waals surface area contributed by atoms with Gasteiger partial charge in [0.05, 0.1) is 0 Å². The summed E-state index contributed by atoms with van der Waals surface area (Å²) in [7, 11) is 0. The van der Waals surface area contributed by atoms with Crippen LogP contribution in [0, 0.1) is 0 Å². The van der Waals surface area contributed by atoms with E-state index in [-0.39, 0.29) is 5.60 Å². The first-order chi connectivity index (χ1) is 2.56. The predicted molar refractivity (Wildman–Crippen MR) is 20.8 cm³/mol. The molecule has 0 aromatic rings. The number of rotatable bonds is 0. The summed E-state index contributed by atoms with van der Waals surface area (Å²) in [4.78, 5) is 0. The molecule has 0 bridgehead atoms. The molecule has 0 aromatic carbocycles. The summed E-state index contributed by atoms with van der Waals surface area (Å²) in [6.45, 7) is 6.21. The third-order valence-electron chi connectivity index (χ3n) is 0.433. The molecule has 0 heterocycles. The van der Waals surface area contributed by atoms with Crippen LogP contribution in [0.4, 0.5) is 0 Å². The van der Waals surface area contributed by atoms with Gasteiger partial charge in [-0.1, -0.05) is 0 Å². The van der Waals surface area contributed by atoms with E-state index in [0.29, 0.717) is 26.6 Å². The van der Waals surface area contributed by atoms with Crippen LogP contribution in [0.1, 0.15) is 20.8 Å². The summed E-state index contributed by atoms with van der Waals surface area (Å²) in [6.07, 6.45) is 0. The topological polar surface area (TPSA) is 9.23 Å². The zero-order valence-corrected chi connectivity index (χ0v) is 10.1. The zero-order chi connectivity index (χ0) is 5.21. The summed E-state index contributed by atoms with van der Waals surface area (Å²) < 4.78 is 5.13. The van der Waals surface area contributed by atoms with E-state index in [1.54, 1.807) is 0 Å². The van der Waals surface area contributed by atoms with Crippen molar-refractivity contribution in [2.45, 2.75) is 26.4 Å². The van der Waals surface area contributed by atoms with Crippen LogP contribution in [0.15, 0.2) is 0 Å². The zero-order valence-electron chi connectivity index (χ0n) is 4.62. The second-order valence-electron chi connectivity index (χ2n) is 2.26. The first-order valence-electron chi connectivity index (χ1n) is 1.99. The molecule has 6 heavy (non-hydrogen) atoms. The molecule has 1 nitrogen and oxygen atoms in total. The molecule has 0 aliphatic heterocycles. The van der Waals surface area contributed by atoms with Crippen molar-refractivity contribution in [3.63, 3.8) is 0 Å². The van der Waals surface area contributed by atoms with E-state index >= 15 is 0 Å². The molecule has 0 aliphatic rings. The van der Waals surface area contributed by atoms with Crippen molar-refractivity contribution >= 4 is 0 Å². The fourth-order valence-corrected chi connectivity index (χ4v) is 0. The van der Waals surface area contributed by atoms with Crippen LogP contribution < -0.4 is 0 Å². The quantitative estimate of drug-likeness (QED) is 0.604. The van der Waals surface area contributed by atoms with Crippen molar-refractivity contribution in [2.75, 3.05) is 0 Å². The third kappa shape index (κ3) is 4.90. The normalized spacial score (nSPS) is 12.2. The molecular formula is C4H9HgO. The van der Waals surface area contributed by atoms with Crippen LogP contribution in [-0.4, -0.2) is 5.60 Å². The monoisotopic (exact) mass is 275 g/mol. The molecule has 0 spiro atoms. The van der Waals surface area contributed by atoms with Gasteiger partial charge in [0.15, 0.2) is 0 Å². The van der Waals surface area contributed by atoms with Gasteiger partial charge in [0.2, 0.25) is 0 Å². The standard InChI is InChI=1S/C4H9O.Hg/c1-4(2,3)5;/h1-3H3;/q-1;+1. The van der Waals surface area contributed by atoms with Gasteiger partial charge in [-0.05, 0) is 0 Å². The molecule has 0 unspecified atom stereocenters. The first-order valence-corrected chi connectivity index (χ1v) is 4.24. The van der Waals surface area contributed by atoms with Crippen LogP contribution in [0.3, 0.4) is 0 Å². The Bertz CT molecular complexity index is 37.3. The molecule has 0 aliphatic carbocycles. The Balaban J connectivity index is 3.17. The van der Waals surface area contributed by atoms with Crippen molar-refractivity contribution in [2.24, 2.45) is 0 Å². The minimum absolute atomic E-state index is 0.128. The molecule has 0 saturated heterocycles. The van der Waals surface area contributed by atoms with Crippen LogP contribution in [0.2, 0.25) is 0 Å². The van der Waals surface area contributed by atoms with E-state index in [0.717, 1.165) is 0 Å². The molecule has 0 aromatic heterocycles. The molecule has 0 amide bonds. The molecule has 33 valence electrons. The number of hydrogen-bond acceptors (Lipinski definition) is 1. The van der Waals surface area contributed by atoms with Gasteiger partial charge >= 0.3 is 55.6 Å². The second-order valence-corrected chi connectivity index (χ2v) is 3.38. The Hall–Kier alpha value is 0.895. The van der Waals surface area contributed by atoms with Gasteiger partial charge in [-0.25, -0.2) is 0 Å². The molecule has 0 radical (unpaired) electrons. The maximum atomic E-state index is 5.13. The SMILES string of the molecule is CC(C)(C)[O][Hg].